The first kappa shape index (κ1) is 19.6. The van der Waals surface area contributed by atoms with Crippen molar-refractivity contribution in [3.05, 3.63) is 0 Å². The molecule has 0 aliphatic heterocycles. The lowest BCUT2D eigenvalue weighted by molar-refractivity contribution is -0.143. The molecule has 4 bridgehead atoms. The molecule has 150 valence electrons. The van der Waals surface area contributed by atoms with Crippen LogP contribution in [0.1, 0.15) is 51.9 Å². The van der Waals surface area contributed by atoms with E-state index in [4.69, 9.17) is 5.73 Å². The summed E-state index contributed by atoms with van der Waals surface area (Å²) in [4.78, 5) is 47.2. The zero-order chi connectivity index (χ0) is 19.7. The molecule has 4 aliphatic rings. The summed E-state index contributed by atoms with van der Waals surface area (Å²) in [6.45, 7) is 1.55. The maximum absolute atomic E-state index is 12.8. The van der Waals surface area contributed by atoms with E-state index < -0.39 is 29.9 Å². The van der Waals surface area contributed by atoms with Crippen LogP contribution in [0.25, 0.3) is 0 Å². The molecule has 4 fully saturated rings. The van der Waals surface area contributed by atoms with E-state index in [1.165, 1.54) is 6.42 Å². The largest absolute Gasteiger partial charge is 0.480 e. The van der Waals surface area contributed by atoms with Crippen LogP contribution in [-0.4, -0.2) is 40.9 Å². The number of aliphatic carboxylic acids is 1. The van der Waals surface area contributed by atoms with Crippen molar-refractivity contribution in [2.75, 3.05) is 0 Å². The fraction of sp³-hybridized carbons (Fsp3) is 0.789. The molecular formula is C19H29N3O5. The van der Waals surface area contributed by atoms with E-state index in [0.717, 1.165) is 37.5 Å². The number of nitrogens with two attached hydrogens (primary N) is 1. The average molecular weight is 379 g/mol. The van der Waals surface area contributed by atoms with Gasteiger partial charge in [-0.3, -0.25) is 14.4 Å². The second-order valence-electron chi connectivity index (χ2n) is 8.59. The standard InChI is InChI=1S/C19H29N3O5/c1-9(17(24)22-14(19(26)27)2-3-15(20)23)21-18(25)16-12-5-10-4-11(7-12)8-13(16)6-10/h9-14,16H,2-8H2,1H3,(H2,20,23)(H,21,25)(H,22,24)(H,26,27)/t9-,10?,11?,12?,13?,14-,16?/m0/s1. The minimum absolute atomic E-state index is 0.0295. The fourth-order valence-electron chi connectivity index (χ4n) is 5.57. The van der Waals surface area contributed by atoms with Crippen LogP contribution in [0.5, 0.6) is 0 Å². The number of hydrogen-bond acceptors (Lipinski definition) is 4. The van der Waals surface area contributed by atoms with E-state index >= 15 is 0 Å². The van der Waals surface area contributed by atoms with Crippen LogP contribution in [0.3, 0.4) is 0 Å². The molecule has 27 heavy (non-hydrogen) atoms. The van der Waals surface area contributed by atoms with Crippen LogP contribution in [0, 0.1) is 29.6 Å². The molecule has 0 heterocycles. The lowest BCUT2D eigenvalue weighted by Crippen LogP contribution is -2.55. The number of primary amides is 1. The molecule has 4 rings (SSSR count). The van der Waals surface area contributed by atoms with Gasteiger partial charge in [0.15, 0.2) is 0 Å². The second-order valence-corrected chi connectivity index (χ2v) is 8.59. The molecule has 4 saturated carbocycles. The van der Waals surface area contributed by atoms with E-state index in [9.17, 15) is 24.3 Å². The van der Waals surface area contributed by atoms with E-state index in [2.05, 4.69) is 10.6 Å². The smallest absolute Gasteiger partial charge is 0.326 e. The van der Waals surface area contributed by atoms with Gasteiger partial charge in [-0.15, -0.1) is 0 Å². The highest BCUT2D eigenvalue weighted by atomic mass is 16.4. The van der Waals surface area contributed by atoms with E-state index in [0.29, 0.717) is 11.8 Å². The number of carbonyl (C=O) groups is 4. The van der Waals surface area contributed by atoms with Crippen LogP contribution in [0.15, 0.2) is 0 Å². The summed E-state index contributed by atoms with van der Waals surface area (Å²) in [5.41, 5.74) is 5.04. The molecule has 0 radical (unpaired) electrons. The summed E-state index contributed by atoms with van der Waals surface area (Å²) in [7, 11) is 0. The predicted molar refractivity (Wildman–Crippen MR) is 96.1 cm³/mol. The first-order valence-corrected chi connectivity index (χ1v) is 9.86. The Morgan fingerprint density at radius 3 is 2.04 bits per heavy atom. The van der Waals surface area contributed by atoms with Gasteiger partial charge in [-0.1, -0.05) is 0 Å². The number of nitrogens with one attached hydrogen (secondary N) is 2. The minimum atomic E-state index is -1.23. The normalized spacial score (nSPS) is 33.1. The Kier molecular flexibility index (Phi) is 5.72. The third-order valence-corrected chi connectivity index (χ3v) is 6.58. The highest BCUT2D eigenvalue weighted by Crippen LogP contribution is 2.56. The minimum Gasteiger partial charge on any atom is -0.480 e. The molecule has 0 aromatic rings. The van der Waals surface area contributed by atoms with Crippen LogP contribution in [0.2, 0.25) is 0 Å². The maximum Gasteiger partial charge on any atom is 0.326 e. The van der Waals surface area contributed by atoms with Crippen LogP contribution in [-0.2, 0) is 19.2 Å². The molecule has 8 nitrogen and oxygen atoms in total. The first-order chi connectivity index (χ1) is 12.7. The van der Waals surface area contributed by atoms with Gasteiger partial charge in [0.1, 0.15) is 12.1 Å². The lowest BCUT2D eigenvalue weighted by atomic mass is 9.51. The SMILES string of the molecule is C[C@H](NC(=O)C1C2CC3CC(C2)CC1C3)C(=O)N[C@@H](CCC(N)=O)C(=O)O. The molecule has 0 unspecified atom stereocenters. The molecular weight excluding hydrogens is 350 g/mol. The molecule has 0 aromatic carbocycles. The summed E-state index contributed by atoms with van der Waals surface area (Å²) in [6, 6.07) is -2.03. The number of amides is 3. The first-order valence-electron chi connectivity index (χ1n) is 9.86. The average Bonchev–Trinajstić information content (AvgIpc) is 2.56. The van der Waals surface area contributed by atoms with Crippen molar-refractivity contribution in [1.82, 2.24) is 10.6 Å². The topological polar surface area (TPSA) is 139 Å². The molecule has 0 spiro atoms. The van der Waals surface area contributed by atoms with Crippen molar-refractivity contribution < 1.29 is 24.3 Å². The van der Waals surface area contributed by atoms with Gasteiger partial charge in [-0.25, -0.2) is 4.79 Å². The molecule has 0 aromatic heterocycles. The summed E-state index contributed by atoms with van der Waals surface area (Å²) >= 11 is 0. The Bertz CT molecular complexity index is 607. The zero-order valence-corrected chi connectivity index (χ0v) is 15.6. The Morgan fingerprint density at radius 1 is 1.00 bits per heavy atom. The van der Waals surface area contributed by atoms with Crippen molar-refractivity contribution in [3.63, 3.8) is 0 Å². The Hall–Kier alpha value is -2.12. The van der Waals surface area contributed by atoms with Crippen molar-refractivity contribution in [1.29, 1.82) is 0 Å². The number of hydrogen-bond donors (Lipinski definition) is 4. The second kappa shape index (κ2) is 7.86. The third-order valence-electron chi connectivity index (χ3n) is 6.58. The van der Waals surface area contributed by atoms with Crippen molar-refractivity contribution >= 4 is 23.7 Å². The van der Waals surface area contributed by atoms with Gasteiger partial charge in [0.05, 0.1) is 0 Å². The van der Waals surface area contributed by atoms with E-state index in [1.807, 2.05) is 0 Å². The van der Waals surface area contributed by atoms with Crippen molar-refractivity contribution in [2.45, 2.75) is 64.0 Å². The Labute approximate surface area is 158 Å². The molecule has 5 N–H and O–H groups in total. The Balaban J connectivity index is 1.53. The molecule has 4 aliphatic carbocycles. The molecule has 2 atom stereocenters. The summed E-state index contributed by atoms with van der Waals surface area (Å²) in [5, 5.41) is 14.4. The van der Waals surface area contributed by atoms with Gasteiger partial charge in [-0.2, -0.15) is 0 Å². The number of rotatable bonds is 8. The fourth-order valence-corrected chi connectivity index (χ4v) is 5.57. The number of carboxylic acids is 1. The van der Waals surface area contributed by atoms with Gasteiger partial charge in [-0.05, 0) is 69.1 Å². The summed E-state index contributed by atoms with van der Waals surface area (Å²) in [5.74, 6) is -0.184. The molecule has 8 heteroatoms. The van der Waals surface area contributed by atoms with Gasteiger partial charge in [0, 0.05) is 12.3 Å². The highest BCUT2D eigenvalue weighted by Gasteiger charge is 2.50. The van der Waals surface area contributed by atoms with Gasteiger partial charge in [0.25, 0.3) is 0 Å². The van der Waals surface area contributed by atoms with Gasteiger partial charge < -0.3 is 21.5 Å². The highest BCUT2D eigenvalue weighted by molar-refractivity contribution is 5.91. The van der Waals surface area contributed by atoms with E-state index in [-0.39, 0.29) is 24.7 Å². The van der Waals surface area contributed by atoms with Crippen LogP contribution >= 0.6 is 0 Å². The lowest BCUT2D eigenvalue weighted by Gasteiger charge is -2.53. The van der Waals surface area contributed by atoms with Crippen molar-refractivity contribution in [3.8, 4) is 0 Å². The zero-order valence-electron chi connectivity index (χ0n) is 15.6. The third kappa shape index (κ3) is 4.42. The monoisotopic (exact) mass is 379 g/mol. The van der Waals surface area contributed by atoms with Crippen LogP contribution in [0.4, 0.5) is 0 Å². The Morgan fingerprint density at radius 2 is 1.56 bits per heavy atom. The van der Waals surface area contributed by atoms with Crippen molar-refractivity contribution in [2.24, 2.45) is 35.3 Å². The van der Waals surface area contributed by atoms with Crippen LogP contribution < -0.4 is 16.4 Å². The van der Waals surface area contributed by atoms with Gasteiger partial charge >= 0.3 is 5.97 Å². The maximum atomic E-state index is 12.8. The van der Waals surface area contributed by atoms with Gasteiger partial charge in [0.2, 0.25) is 17.7 Å². The summed E-state index contributed by atoms with van der Waals surface area (Å²) < 4.78 is 0. The predicted octanol–water partition coefficient (Wildman–Crippen LogP) is 0.398. The number of carboxylic acid groups (broad SMARTS) is 1. The number of carbonyl (C=O) groups excluding carboxylic acids is 3. The van der Waals surface area contributed by atoms with E-state index in [1.54, 1.807) is 6.92 Å². The quantitative estimate of drug-likeness (QED) is 0.483. The molecule has 0 saturated heterocycles. The summed E-state index contributed by atoms with van der Waals surface area (Å²) in [6.07, 6.45) is 5.54. The molecule has 3 amide bonds.